The second-order valence-corrected chi connectivity index (χ2v) is 6.34. The van der Waals surface area contributed by atoms with E-state index in [-0.39, 0.29) is 12.4 Å². The zero-order valence-electron chi connectivity index (χ0n) is 12.5. The highest BCUT2D eigenvalue weighted by Crippen LogP contribution is 2.22. The molecule has 1 rings (SSSR count). The molecule has 0 amide bonds. The van der Waals surface area contributed by atoms with Crippen LogP contribution >= 0.6 is 15.9 Å². The molecule has 112 valence electrons. The first-order valence-electron chi connectivity index (χ1n) is 7.85. The molecule has 1 aliphatic carbocycles. The first-order valence-corrected chi connectivity index (χ1v) is 8.65. The normalized spacial score (nSPS) is 27.7. The van der Waals surface area contributed by atoms with Gasteiger partial charge in [0.1, 0.15) is 0 Å². The minimum absolute atomic E-state index is 0.112. The smallest absolute Gasteiger partial charge is 0.155 e. The maximum Gasteiger partial charge on any atom is 0.155 e. The molecule has 1 aliphatic rings. The molecule has 0 radical (unpaired) electrons. The maximum atomic E-state index is 5.98. The molecule has 2 nitrogen and oxygen atoms in total. The first kappa shape index (κ1) is 17.2. The Morgan fingerprint density at radius 3 is 2.47 bits per heavy atom. The highest BCUT2D eigenvalue weighted by atomic mass is 79.9. The lowest BCUT2D eigenvalue weighted by Gasteiger charge is -2.21. The first-order chi connectivity index (χ1) is 9.22. The zero-order chi connectivity index (χ0) is 13.9. The Bertz CT molecular complexity index is 253. The highest BCUT2D eigenvalue weighted by Gasteiger charge is 2.12. The highest BCUT2D eigenvalue weighted by molar-refractivity contribution is 9.11. The van der Waals surface area contributed by atoms with Gasteiger partial charge in [0.05, 0.1) is 6.10 Å². The minimum Gasteiger partial charge on any atom is -0.353 e. The van der Waals surface area contributed by atoms with Crippen LogP contribution in [0.2, 0.25) is 0 Å². The molecule has 0 saturated carbocycles. The van der Waals surface area contributed by atoms with Crippen molar-refractivity contribution in [1.82, 2.24) is 0 Å². The van der Waals surface area contributed by atoms with Crippen molar-refractivity contribution in [3.8, 4) is 0 Å². The summed E-state index contributed by atoms with van der Waals surface area (Å²) in [5.74, 6) is 0. The number of halogens is 1. The standard InChI is InChI=1S/C16H29BrO2/c1-3-18-14(2)19-16-12-10-8-6-4-5-7-9-11-15(17)13-16/h13-14,16H,3-12H2,1-2H3/b15-13-. The molecule has 0 aromatic heterocycles. The van der Waals surface area contributed by atoms with Gasteiger partial charge < -0.3 is 9.47 Å². The number of rotatable bonds is 4. The van der Waals surface area contributed by atoms with E-state index in [1.54, 1.807) is 0 Å². The topological polar surface area (TPSA) is 18.5 Å². The molecular formula is C16H29BrO2. The van der Waals surface area contributed by atoms with Crippen LogP contribution in [0.25, 0.3) is 0 Å². The third kappa shape index (κ3) is 8.83. The van der Waals surface area contributed by atoms with Crippen LogP contribution < -0.4 is 0 Å². The summed E-state index contributed by atoms with van der Waals surface area (Å²) in [6.45, 7) is 4.70. The molecule has 2 unspecified atom stereocenters. The lowest BCUT2D eigenvalue weighted by atomic mass is 10.0. The SMILES string of the molecule is CCOC(C)OC1/C=C(\Br)CCCCCCCCC1. The Labute approximate surface area is 127 Å². The van der Waals surface area contributed by atoms with Crippen molar-refractivity contribution in [2.24, 2.45) is 0 Å². The lowest BCUT2D eigenvalue weighted by Crippen LogP contribution is -2.21. The maximum absolute atomic E-state index is 5.98. The van der Waals surface area contributed by atoms with Gasteiger partial charge in [-0.2, -0.15) is 0 Å². The van der Waals surface area contributed by atoms with Crippen LogP contribution in [-0.2, 0) is 9.47 Å². The van der Waals surface area contributed by atoms with Crippen LogP contribution in [0.1, 0.15) is 71.6 Å². The summed E-state index contributed by atoms with van der Waals surface area (Å²) >= 11 is 3.69. The summed E-state index contributed by atoms with van der Waals surface area (Å²) < 4.78 is 12.8. The molecule has 0 spiro atoms. The number of allylic oxidation sites excluding steroid dienone is 1. The Morgan fingerprint density at radius 2 is 1.79 bits per heavy atom. The van der Waals surface area contributed by atoms with E-state index >= 15 is 0 Å². The van der Waals surface area contributed by atoms with E-state index in [0.29, 0.717) is 6.61 Å². The molecule has 2 atom stereocenters. The van der Waals surface area contributed by atoms with Crippen molar-refractivity contribution in [2.45, 2.75) is 84.0 Å². The van der Waals surface area contributed by atoms with Crippen molar-refractivity contribution >= 4 is 15.9 Å². The van der Waals surface area contributed by atoms with Crippen molar-refractivity contribution in [2.75, 3.05) is 6.61 Å². The predicted molar refractivity (Wildman–Crippen MR) is 84.5 cm³/mol. The fraction of sp³-hybridized carbons (Fsp3) is 0.875. The van der Waals surface area contributed by atoms with Crippen molar-refractivity contribution < 1.29 is 9.47 Å². The van der Waals surface area contributed by atoms with Gasteiger partial charge in [0.25, 0.3) is 0 Å². The average molecular weight is 333 g/mol. The van der Waals surface area contributed by atoms with Crippen LogP contribution in [0.15, 0.2) is 10.6 Å². The molecule has 0 saturated heterocycles. The Balaban J connectivity index is 2.50. The third-order valence-corrected chi connectivity index (χ3v) is 4.20. The summed E-state index contributed by atoms with van der Waals surface area (Å²) in [6.07, 6.45) is 13.9. The molecule has 0 heterocycles. The second-order valence-electron chi connectivity index (χ2n) is 5.32. The average Bonchev–Trinajstić information content (AvgIpc) is 2.35. The Morgan fingerprint density at radius 1 is 1.16 bits per heavy atom. The largest absolute Gasteiger partial charge is 0.353 e. The van der Waals surface area contributed by atoms with E-state index in [9.17, 15) is 0 Å². The quantitative estimate of drug-likeness (QED) is 0.627. The fourth-order valence-electron chi connectivity index (χ4n) is 2.52. The monoisotopic (exact) mass is 332 g/mol. The zero-order valence-corrected chi connectivity index (χ0v) is 14.1. The minimum atomic E-state index is -0.112. The van der Waals surface area contributed by atoms with Crippen LogP contribution in [-0.4, -0.2) is 19.0 Å². The second kappa shape index (κ2) is 10.9. The fourth-order valence-corrected chi connectivity index (χ4v) is 3.09. The third-order valence-electron chi connectivity index (χ3n) is 3.54. The summed E-state index contributed by atoms with van der Waals surface area (Å²) in [6, 6.07) is 0. The molecule has 3 heteroatoms. The van der Waals surface area contributed by atoms with Gasteiger partial charge >= 0.3 is 0 Å². The van der Waals surface area contributed by atoms with Gasteiger partial charge in [-0.25, -0.2) is 0 Å². The van der Waals surface area contributed by atoms with Crippen molar-refractivity contribution in [3.05, 3.63) is 10.6 Å². The van der Waals surface area contributed by atoms with Gasteiger partial charge in [-0.1, -0.05) is 54.5 Å². The predicted octanol–water partition coefficient (Wildman–Crippen LogP) is 5.56. The van der Waals surface area contributed by atoms with Gasteiger partial charge in [-0.3, -0.25) is 0 Å². The van der Waals surface area contributed by atoms with E-state index in [1.807, 2.05) is 13.8 Å². The Kier molecular flexibility index (Phi) is 9.84. The van der Waals surface area contributed by atoms with Gasteiger partial charge in [-0.15, -0.1) is 0 Å². The van der Waals surface area contributed by atoms with Crippen molar-refractivity contribution in [1.29, 1.82) is 0 Å². The van der Waals surface area contributed by atoms with Gasteiger partial charge in [0.15, 0.2) is 6.29 Å². The van der Waals surface area contributed by atoms with E-state index in [0.717, 1.165) is 12.8 Å². The molecule has 0 aliphatic heterocycles. The molecule has 0 fully saturated rings. The molecule has 0 bridgehead atoms. The summed E-state index contributed by atoms with van der Waals surface area (Å²) in [5.41, 5.74) is 0. The van der Waals surface area contributed by atoms with Crippen LogP contribution in [0.5, 0.6) is 0 Å². The number of hydrogen-bond acceptors (Lipinski definition) is 2. The van der Waals surface area contributed by atoms with Crippen LogP contribution in [0.3, 0.4) is 0 Å². The number of hydrogen-bond donors (Lipinski definition) is 0. The molecule has 0 aromatic carbocycles. The van der Waals surface area contributed by atoms with Crippen LogP contribution in [0, 0.1) is 0 Å². The van der Waals surface area contributed by atoms with E-state index in [2.05, 4.69) is 22.0 Å². The van der Waals surface area contributed by atoms with E-state index < -0.39 is 0 Å². The van der Waals surface area contributed by atoms with E-state index in [1.165, 1.54) is 49.4 Å². The summed E-state index contributed by atoms with van der Waals surface area (Å²) in [4.78, 5) is 0. The molecule has 0 N–H and O–H groups in total. The molecular weight excluding hydrogens is 304 g/mol. The van der Waals surface area contributed by atoms with E-state index in [4.69, 9.17) is 9.47 Å². The van der Waals surface area contributed by atoms with Crippen molar-refractivity contribution in [3.63, 3.8) is 0 Å². The Hall–Kier alpha value is 0.140. The van der Waals surface area contributed by atoms with Crippen LogP contribution in [0.4, 0.5) is 0 Å². The molecule has 19 heavy (non-hydrogen) atoms. The van der Waals surface area contributed by atoms with Gasteiger partial charge in [0, 0.05) is 6.61 Å². The van der Waals surface area contributed by atoms with Gasteiger partial charge in [0.2, 0.25) is 0 Å². The van der Waals surface area contributed by atoms with Gasteiger partial charge in [-0.05, 0) is 43.7 Å². The number of ether oxygens (including phenoxy) is 2. The summed E-state index contributed by atoms with van der Waals surface area (Å²) in [7, 11) is 0. The lowest BCUT2D eigenvalue weighted by molar-refractivity contribution is -0.147. The summed E-state index contributed by atoms with van der Waals surface area (Å²) in [5, 5.41) is 0. The molecule has 0 aromatic rings.